The van der Waals surface area contributed by atoms with Crippen molar-refractivity contribution < 1.29 is 9.59 Å². The van der Waals surface area contributed by atoms with Gasteiger partial charge in [-0.15, -0.1) is 4.91 Å². The van der Waals surface area contributed by atoms with Gasteiger partial charge >= 0.3 is 0 Å². The Hall–Kier alpha value is -3.28. The Morgan fingerprint density at radius 1 is 0.957 bits per heavy atom. The number of hydrogen-bond donors (Lipinski definition) is 0. The zero-order valence-corrected chi connectivity index (χ0v) is 12.3. The highest BCUT2D eigenvalue weighted by atomic mass is 16.3. The second-order valence-corrected chi connectivity index (χ2v) is 4.99. The summed E-state index contributed by atoms with van der Waals surface area (Å²) in [6.07, 6.45) is 1.28. The summed E-state index contributed by atoms with van der Waals surface area (Å²) in [5, 5.41) is 3.98. The Balaban J connectivity index is 2.03. The molecule has 2 amide bonds. The number of anilines is 2. The number of hydrogen-bond acceptors (Lipinski definition) is 4. The smallest absolute Gasteiger partial charge is 0.266 e. The third-order valence-corrected chi connectivity index (χ3v) is 3.60. The van der Waals surface area contributed by atoms with E-state index in [9.17, 15) is 14.5 Å². The van der Waals surface area contributed by atoms with Gasteiger partial charge in [0.25, 0.3) is 11.8 Å². The van der Waals surface area contributed by atoms with Crippen molar-refractivity contribution in [2.75, 3.05) is 17.0 Å². The largest absolute Gasteiger partial charge is 0.269 e. The fraction of sp³-hybridized carbons (Fsp3) is 0.0588. The van der Waals surface area contributed by atoms with E-state index in [1.54, 1.807) is 48.5 Å². The first kappa shape index (κ1) is 14.6. The Bertz CT molecular complexity index is 815. The first-order valence-electron chi connectivity index (χ1n) is 6.95. The molecule has 1 aliphatic heterocycles. The van der Waals surface area contributed by atoms with Gasteiger partial charge in [0.05, 0.1) is 22.2 Å². The summed E-state index contributed by atoms with van der Waals surface area (Å²) >= 11 is 0. The van der Waals surface area contributed by atoms with Gasteiger partial charge in [0.1, 0.15) is 0 Å². The topological polar surface area (TPSA) is 70.1 Å². The van der Waals surface area contributed by atoms with Gasteiger partial charge in [0.15, 0.2) is 0 Å². The van der Waals surface area contributed by atoms with Gasteiger partial charge in [-0.3, -0.25) is 9.59 Å². The molecule has 114 valence electrons. The molecule has 0 unspecified atom stereocenters. The van der Waals surface area contributed by atoms with Gasteiger partial charge in [-0.05, 0) is 18.2 Å². The quantitative estimate of drug-likeness (QED) is 0.495. The van der Waals surface area contributed by atoms with E-state index in [4.69, 9.17) is 0 Å². The SMILES string of the molecule is CN(N=O)c1ccccc1C1=CC(=O)N(c2ccccc2)C1=O. The molecule has 2 aromatic carbocycles. The lowest BCUT2D eigenvalue weighted by Crippen LogP contribution is -2.30. The first-order valence-corrected chi connectivity index (χ1v) is 6.95. The molecule has 23 heavy (non-hydrogen) atoms. The number of para-hydroxylation sites is 2. The summed E-state index contributed by atoms with van der Waals surface area (Å²) in [5.41, 5.74) is 1.70. The molecule has 1 aliphatic rings. The average molecular weight is 307 g/mol. The number of imide groups is 1. The second-order valence-electron chi connectivity index (χ2n) is 4.99. The van der Waals surface area contributed by atoms with E-state index in [1.807, 2.05) is 6.07 Å². The number of amides is 2. The van der Waals surface area contributed by atoms with Crippen LogP contribution >= 0.6 is 0 Å². The number of carbonyl (C=O) groups excluding carboxylic acids is 2. The number of rotatable bonds is 4. The maximum absolute atomic E-state index is 12.7. The lowest BCUT2D eigenvalue weighted by atomic mass is 10.0. The summed E-state index contributed by atoms with van der Waals surface area (Å²) in [4.78, 5) is 36.8. The normalized spacial score (nSPS) is 14.0. The van der Waals surface area contributed by atoms with E-state index in [0.29, 0.717) is 16.9 Å². The van der Waals surface area contributed by atoms with Crippen molar-refractivity contribution in [3.8, 4) is 0 Å². The van der Waals surface area contributed by atoms with Crippen LogP contribution in [0, 0.1) is 4.91 Å². The van der Waals surface area contributed by atoms with Crippen LogP contribution in [-0.2, 0) is 9.59 Å². The molecular weight excluding hydrogens is 294 g/mol. The fourth-order valence-corrected chi connectivity index (χ4v) is 2.51. The van der Waals surface area contributed by atoms with E-state index in [-0.39, 0.29) is 5.57 Å². The number of carbonyl (C=O) groups is 2. The maximum atomic E-state index is 12.7. The van der Waals surface area contributed by atoms with Crippen molar-refractivity contribution in [1.82, 2.24) is 0 Å². The number of nitrogens with zero attached hydrogens (tertiary/aromatic N) is 3. The Kier molecular flexibility index (Phi) is 3.72. The molecule has 0 bridgehead atoms. The van der Waals surface area contributed by atoms with E-state index >= 15 is 0 Å². The Labute approximate surface area is 132 Å². The van der Waals surface area contributed by atoms with Crippen LogP contribution in [0.25, 0.3) is 5.57 Å². The molecule has 0 N–H and O–H groups in total. The van der Waals surface area contributed by atoms with Gasteiger partial charge in [0.2, 0.25) is 0 Å². The average Bonchev–Trinajstić information content (AvgIpc) is 2.89. The monoisotopic (exact) mass is 307 g/mol. The third kappa shape index (κ3) is 2.50. The Morgan fingerprint density at radius 2 is 1.61 bits per heavy atom. The number of benzene rings is 2. The van der Waals surface area contributed by atoms with Crippen LogP contribution in [0.15, 0.2) is 66.0 Å². The summed E-state index contributed by atoms with van der Waals surface area (Å²) < 4.78 is 0. The van der Waals surface area contributed by atoms with Crippen molar-refractivity contribution in [3.05, 3.63) is 71.1 Å². The molecule has 6 nitrogen and oxygen atoms in total. The molecule has 0 radical (unpaired) electrons. The molecule has 0 saturated carbocycles. The minimum absolute atomic E-state index is 0.241. The molecule has 1 heterocycles. The van der Waals surface area contributed by atoms with E-state index in [2.05, 4.69) is 5.29 Å². The van der Waals surface area contributed by atoms with Crippen molar-refractivity contribution in [3.63, 3.8) is 0 Å². The van der Waals surface area contributed by atoms with Crippen molar-refractivity contribution in [2.24, 2.45) is 5.29 Å². The molecule has 0 saturated heterocycles. The lowest BCUT2D eigenvalue weighted by molar-refractivity contribution is -0.119. The van der Waals surface area contributed by atoms with Crippen molar-refractivity contribution in [2.45, 2.75) is 0 Å². The first-order chi connectivity index (χ1) is 11.1. The van der Waals surface area contributed by atoms with Gasteiger partial charge < -0.3 is 0 Å². The van der Waals surface area contributed by atoms with E-state index in [0.717, 1.165) is 9.91 Å². The zero-order chi connectivity index (χ0) is 16.4. The van der Waals surface area contributed by atoms with Crippen LogP contribution < -0.4 is 9.91 Å². The summed E-state index contributed by atoms with van der Waals surface area (Å²) in [5.74, 6) is -0.833. The molecule has 6 heteroatoms. The maximum Gasteiger partial charge on any atom is 0.266 e. The van der Waals surface area contributed by atoms with Crippen LogP contribution in [0.4, 0.5) is 11.4 Å². The van der Waals surface area contributed by atoms with Crippen molar-refractivity contribution >= 4 is 28.8 Å². The van der Waals surface area contributed by atoms with Gasteiger partial charge in [-0.2, -0.15) is 0 Å². The molecule has 0 fully saturated rings. The van der Waals surface area contributed by atoms with Gasteiger partial charge in [-0.25, -0.2) is 9.91 Å². The van der Waals surface area contributed by atoms with Crippen LogP contribution in [0.1, 0.15) is 5.56 Å². The molecule has 0 aromatic heterocycles. The standard InChI is InChI=1S/C17H13N3O3/c1-19(18-23)15-10-6-5-9-13(15)14-11-16(21)20(17(14)22)12-7-3-2-4-8-12/h2-11H,1H3. The van der Waals surface area contributed by atoms with E-state index < -0.39 is 11.8 Å². The Morgan fingerprint density at radius 3 is 2.30 bits per heavy atom. The second kappa shape index (κ2) is 5.84. The van der Waals surface area contributed by atoms with Crippen LogP contribution in [-0.4, -0.2) is 18.9 Å². The predicted molar refractivity (Wildman–Crippen MR) is 87.6 cm³/mol. The molecule has 0 atom stereocenters. The summed E-state index contributed by atoms with van der Waals surface area (Å²) in [7, 11) is 1.49. The fourth-order valence-electron chi connectivity index (χ4n) is 2.51. The predicted octanol–water partition coefficient (Wildman–Crippen LogP) is 2.76. The molecule has 3 rings (SSSR count). The zero-order valence-electron chi connectivity index (χ0n) is 12.3. The van der Waals surface area contributed by atoms with Gasteiger partial charge in [-0.1, -0.05) is 36.4 Å². The molecule has 0 spiro atoms. The minimum Gasteiger partial charge on any atom is -0.269 e. The molecule has 2 aromatic rings. The highest BCUT2D eigenvalue weighted by Gasteiger charge is 2.34. The van der Waals surface area contributed by atoms with Crippen LogP contribution in [0.5, 0.6) is 0 Å². The lowest BCUT2D eigenvalue weighted by Gasteiger charge is -2.17. The molecular formula is C17H13N3O3. The van der Waals surface area contributed by atoms with E-state index in [1.165, 1.54) is 13.1 Å². The van der Waals surface area contributed by atoms with Crippen LogP contribution in [0.2, 0.25) is 0 Å². The highest BCUT2D eigenvalue weighted by molar-refractivity contribution is 6.44. The highest BCUT2D eigenvalue weighted by Crippen LogP contribution is 2.33. The number of nitroso groups, excluding NO2 is 1. The molecule has 0 aliphatic carbocycles. The summed E-state index contributed by atoms with van der Waals surface area (Å²) in [6, 6.07) is 15.5. The van der Waals surface area contributed by atoms with Gasteiger partial charge in [0, 0.05) is 18.7 Å². The van der Waals surface area contributed by atoms with Crippen LogP contribution in [0.3, 0.4) is 0 Å². The third-order valence-electron chi connectivity index (χ3n) is 3.60. The van der Waals surface area contributed by atoms with Crippen molar-refractivity contribution in [1.29, 1.82) is 0 Å². The minimum atomic E-state index is -0.423. The summed E-state index contributed by atoms with van der Waals surface area (Å²) in [6.45, 7) is 0.